The van der Waals surface area contributed by atoms with Gasteiger partial charge < -0.3 is 9.84 Å². The predicted molar refractivity (Wildman–Crippen MR) is 69.7 cm³/mol. The van der Waals surface area contributed by atoms with Crippen LogP contribution in [0.3, 0.4) is 0 Å². The maximum absolute atomic E-state index is 10.5. The average Bonchev–Trinajstić information content (AvgIpc) is 2.72. The topological polar surface area (TPSA) is 47.3 Å². The number of aromatic nitrogens is 2. The van der Waals surface area contributed by atoms with Crippen molar-refractivity contribution in [1.82, 2.24) is 9.78 Å². The largest absolute Gasteiger partial charge is 0.493 e. The van der Waals surface area contributed by atoms with Crippen molar-refractivity contribution in [2.75, 3.05) is 7.11 Å². The number of ether oxygens (including phenoxy) is 1. The Kier molecular flexibility index (Phi) is 3.39. The Morgan fingerprint density at radius 1 is 1.33 bits per heavy atom. The Labute approximate surface area is 107 Å². The summed E-state index contributed by atoms with van der Waals surface area (Å²) in [6, 6.07) is 6.04. The van der Waals surface area contributed by atoms with Crippen LogP contribution in [0.4, 0.5) is 0 Å². The highest BCUT2D eigenvalue weighted by molar-refractivity contribution is 5.40. The van der Waals surface area contributed by atoms with Crippen LogP contribution in [0.5, 0.6) is 5.75 Å². The molecule has 4 nitrogen and oxygen atoms in total. The number of aliphatic hydroxyl groups is 1. The fraction of sp³-hybridized carbons (Fsp3) is 0.357. The molecule has 1 heterocycles. The van der Waals surface area contributed by atoms with E-state index in [1.807, 2.05) is 32.0 Å². The van der Waals surface area contributed by atoms with Crippen LogP contribution in [0.1, 0.15) is 28.5 Å². The summed E-state index contributed by atoms with van der Waals surface area (Å²) in [6.07, 6.45) is 0.885. The lowest BCUT2D eigenvalue weighted by atomic mass is 9.98. The van der Waals surface area contributed by atoms with E-state index in [1.54, 1.807) is 25.0 Å². The van der Waals surface area contributed by atoms with Gasteiger partial charge in [0.05, 0.1) is 13.3 Å². The van der Waals surface area contributed by atoms with Gasteiger partial charge in [-0.05, 0) is 25.0 Å². The molecule has 1 N–H and O–H groups in total. The third-order valence-corrected chi connectivity index (χ3v) is 3.16. The van der Waals surface area contributed by atoms with Crippen LogP contribution in [0, 0.1) is 13.8 Å². The second kappa shape index (κ2) is 4.82. The quantitative estimate of drug-likeness (QED) is 0.902. The van der Waals surface area contributed by atoms with Gasteiger partial charge in [-0.15, -0.1) is 0 Å². The van der Waals surface area contributed by atoms with Gasteiger partial charge in [0.1, 0.15) is 11.8 Å². The summed E-state index contributed by atoms with van der Waals surface area (Å²) in [5.74, 6) is 0.603. The van der Waals surface area contributed by atoms with Gasteiger partial charge in [-0.25, -0.2) is 0 Å². The van der Waals surface area contributed by atoms with Crippen LogP contribution in [0.15, 0.2) is 24.4 Å². The Morgan fingerprint density at radius 3 is 2.72 bits per heavy atom. The highest BCUT2D eigenvalue weighted by Crippen LogP contribution is 2.31. The molecule has 0 fully saturated rings. The average molecular weight is 246 g/mol. The van der Waals surface area contributed by atoms with Gasteiger partial charge in [0, 0.05) is 7.05 Å². The molecule has 2 aromatic rings. The summed E-state index contributed by atoms with van der Waals surface area (Å²) < 4.78 is 6.88. The van der Waals surface area contributed by atoms with Gasteiger partial charge in [-0.3, -0.25) is 4.68 Å². The molecule has 0 spiro atoms. The van der Waals surface area contributed by atoms with Crippen molar-refractivity contribution in [3.63, 3.8) is 0 Å². The molecule has 1 aromatic heterocycles. The zero-order chi connectivity index (χ0) is 13.3. The van der Waals surface area contributed by atoms with Crippen molar-refractivity contribution in [2.45, 2.75) is 20.0 Å². The first-order valence-electron chi connectivity index (χ1n) is 5.85. The summed E-state index contributed by atoms with van der Waals surface area (Å²) >= 11 is 0. The lowest BCUT2D eigenvalue weighted by molar-refractivity contribution is 0.203. The van der Waals surface area contributed by atoms with Crippen LogP contribution in [-0.4, -0.2) is 22.0 Å². The first-order chi connectivity index (χ1) is 8.54. The smallest absolute Gasteiger partial charge is 0.162 e. The minimum atomic E-state index is -0.729. The Hall–Kier alpha value is -1.81. The third-order valence-electron chi connectivity index (χ3n) is 3.16. The van der Waals surface area contributed by atoms with Gasteiger partial charge in [-0.1, -0.05) is 23.8 Å². The molecular weight excluding hydrogens is 228 g/mol. The van der Waals surface area contributed by atoms with Crippen molar-refractivity contribution in [3.05, 3.63) is 46.8 Å². The fourth-order valence-electron chi connectivity index (χ4n) is 2.10. The van der Waals surface area contributed by atoms with Crippen LogP contribution < -0.4 is 4.74 Å². The van der Waals surface area contributed by atoms with Crippen LogP contribution >= 0.6 is 0 Å². The van der Waals surface area contributed by atoms with Gasteiger partial charge in [-0.2, -0.15) is 5.10 Å². The number of hydrogen-bond acceptors (Lipinski definition) is 3. The minimum absolute atomic E-state index is 0.603. The van der Waals surface area contributed by atoms with Crippen molar-refractivity contribution in [2.24, 2.45) is 7.05 Å². The summed E-state index contributed by atoms with van der Waals surface area (Å²) in [5, 5.41) is 14.7. The lowest BCUT2D eigenvalue weighted by Crippen LogP contribution is -2.09. The van der Waals surface area contributed by atoms with Gasteiger partial charge in [0.15, 0.2) is 5.75 Å². The lowest BCUT2D eigenvalue weighted by Gasteiger charge is -2.16. The number of nitrogens with zero attached hydrogens (tertiary/aromatic N) is 2. The zero-order valence-corrected chi connectivity index (χ0v) is 11.1. The van der Waals surface area contributed by atoms with Crippen LogP contribution in [-0.2, 0) is 7.05 Å². The molecule has 1 unspecified atom stereocenters. The maximum Gasteiger partial charge on any atom is 0.162 e. The molecule has 0 saturated carbocycles. The normalized spacial score (nSPS) is 12.5. The van der Waals surface area contributed by atoms with E-state index >= 15 is 0 Å². The molecule has 1 atom stereocenters. The molecule has 18 heavy (non-hydrogen) atoms. The molecule has 96 valence electrons. The molecule has 0 aliphatic rings. The Morgan fingerprint density at radius 2 is 2.06 bits per heavy atom. The van der Waals surface area contributed by atoms with Gasteiger partial charge in [0.2, 0.25) is 0 Å². The SMILES string of the molecule is COc1cnn(C)c1C(O)c1cc(C)ccc1C. The molecule has 4 heteroatoms. The Balaban J connectivity index is 2.50. The van der Waals surface area contributed by atoms with Crippen LogP contribution in [0.25, 0.3) is 0 Å². The molecular formula is C14H18N2O2. The molecule has 0 amide bonds. The van der Waals surface area contributed by atoms with E-state index in [0.717, 1.165) is 16.7 Å². The standard InChI is InChI=1S/C14H18N2O2/c1-9-5-6-10(2)11(7-9)14(17)13-12(18-4)8-15-16(13)3/h5-8,14,17H,1-4H3. The fourth-order valence-corrected chi connectivity index (χ4v) is 2.10. The predicted octanol–water partition coefficient (Wildman–Crippen LogP) is 2.13. The van der Waals surface area contributed by atoms with Gasteiger partial charge >= 0.3 is 0 Å². The first-order valence-corrected chi connectivity index (χ1v) is 5.85. The molecule has 0 radical (unpaired) electrons. The summed E-state index contributed by atoms with van der Waals surface area (Å²) in [4.78, 5) is 0. The van der Waals surface area contributed by atoms with Crippen molar-refractivity contribution >= 4 is 0 Å². The van der Waals surface area contributed by atoms with Crippen molar-refractivity contribution in [3.8, 4) is 5.75 Å². The van der Waals surface area contributed by atoms with Crippen molar-refractivity contribution in [1.29, 1.82) is 0 Å². The highest BCUT2D eigenvalue weighted by atomic mass is 16.5. The van der Waals surface area contributed by atoms with E-state index in [4.69, 9.17) is 4.74 Å². The molecule has 0 saturated heterocycles. The number of hydrogen-bond donors (Lipinski definition) is 1. The third kappa shape index (κ3) is 2.11. The van der Waals surface area contributed by atoms with Gasteiger partial charge in [0.25, 0.3) is 0 Å². The van der Waals surface area contributed by atoms with E-state index in [2.05, 4.69) is 5.10 Å². The van der Waals surface area contributed by atoms with Crippen LogP contribution in [0.2, 0.25) is 0 Å². The maximum atomic E-state index is 10.5. The minimum Gasteiger partial charge on any atom is -0.493 e. The molecule has 2 rings (SSSR count). The summed E-state index contributed by atoms with van der Waals surface area (Å²) in [5.41, 5.74) is 3.73. The van der Waals surface area contributed by atoms with E-state index < -0.39 is 6.10 Å². The van der Waals surface area contributed by atoms with E-state index in [9.17, 15) is 5.11 Å². The second-order valence-corrected chi connectivity index (χ2v) is 4.48. The first kappa shape index (κ1) is 12.6. The monoisotopic (exact) mass is 246 g/mol. The number of methoxy groups -OCH3 is 1. The number of aliphatic hydroxyl groups excluding tert-OH is 1. The van der Waals surface area contributed by atoms with E-state index in [-0.39, 0.29) is 0 Å². The summed E-state index contributed by atoms with van der Waals surface area (Å²) in [6.45, 7) is 4.00. The number of benzene rings is 1. The Bertz CT molecular complexity index is 561. The van der Waals surface area contributed by atoms with Crippen molar-refractivity contribution < 1.29 is 9.84 Å². The number of rotatable bonds is 3. The second-order valence-electron chi connectivity index (χ2n) is 4.48. The summed E-state index contributed by atoms with van der Waals surface area (Å²) in [7, 11) is 3.38. The van der Waals surface area contributed by atoms with E-state index in [1.165, 1.54) is 0 Å². The molecule has 1 aromatic carbocycles. The van der Waals surface area contributed by atoms with E-state index in [0.29, 0.717) is 11.4 Å². The highest BCUT2D eigenvalue weighted by Gasteiger charge is 2.21. The number of aryl methyl sites for hydroxylation is 3. The molecule has 0 bridgehead atoms. The molecule has 0 aliphatic carbocycles. The molecule has 0 aliphatic heterocycles. The zero-order valence-electron chi connectivity index (χ0n) is 11.1.